The third-order valence-corrected chi connectivity index (χ3v) is 6.46. The summed E-state index contributed by atoms with van der Waals surface area (Å²) in [6.07, 6.45) is 9.89. The molecule has 0 spiro atoms. The Labute approximate surface area is 140 Å². The van der Waals surface area contributed by atoms with E-state index in [1.54, 1.807) is 11.3 Å². The quantitative estimate of drug-likeness (QED) is 0.560. The first-order valence-electron chi connectivity index (χ1n) is 8.24. The first-order chi connectivity index (χ1) is 10.3. The molecule has 4 heteroatoms. The molecular weight excluding hydrogens is 346 g/mol. The molecule has 21 heavy (non-hydrogen) atoms. The predicted molar refractivity (Wildman–Crippen MR) is 92.6 cm³/mol. The van der Waals surface area contributed by atoms with Crippen molar-refractivity contribution in [1.82, 2.24) is 4.90 Å². The molecule has 1 fully saturated rings. The second-order valence-electron chi connectivity index (χ2n) is 6.36. The standard InChI is InChI=1S/C17H24BrNOS/c18-9-8-13-5-4-10-19(12-13)17(20)16-11-14-6-2-1-3-7-15(14)21-16/h11,13H,1-10,12H2. The number of halogens is 1. The highest BCUT2D eigenvalue weighted by Crippen LogP contribution is 2.31. The van der Waals surface area contributed by atoms with Crippen molar-refractivity contribution in [2.75, 3.05) is 18.4 Å². The minimum absolute atomic E-state index is 0.285. The number of amides is 1. The van der Waals surface area contributed by atoms with Gasteiger partial charge in [-0.15, -0.1) is 11.3 Å². The number of piperidine rings is 1. The molecule has 0 N–H and O–H groups in total. The summed E-state index contributed by atoms with van der Waals surface area (Å²) in [5, 5.41) is 1.05. The van der Waals surface area contributed by atoms with Crippen molar-refractivity contribution in [1.29, 1.82) is 0 Å². The van der Waals surface area contributed by atoms with Crippen LogP contribution in [-0.4, -0.2) is 29.2 Å². The summed E-state index contributed by atoms with van der Waals surface area (Å²) in [5.74, 6) is 0.965. The van der Waals surface area contributed by atoms with Gasteiger partial charge in [0.1, 0.15) is 0 Å². The zero-order chi connectivity index (χ0) is 14.7. The van der Waals surface area contributed by atoms with E-state index >= 15 is 0 Å². The van der Waals surface area contributed by atoms with E-state index in [0.717, 1.165) is 29.7 Å². The lowest BCUT2D eigenvalue weighted by Crippen LogP contribution is -2.39. The van der Waals surface area contributed by atoms with Crippen LogP contribution in [0.5, 0.6) is 0 Å². The average Bonchev–Trinajstić information content (AvgIpc) is 2.78. The van der Waals surface area contributed by atoms with Crippen molar-refractivity contribution in [3.05, 3.63) is 21.4 Å². The second kappa shape index (κ2) is 7.28. The molecule has 1 aliphatic carbocycles. The maximum Gasteiger partial charge on any atom is 0.263 e. The predicted octanol–water partition coefficient (Wildman–Crippen LogP) is 4.65. The van der Waals surface area contributed by atoms with Gasteiger partial charge in [-0.1, -0.05) is 22.4 Å². The molecule has 1 unspecified atom stereocenters. The third kappa shape index (κ3) is 3.70. The molecule has 116 valence electrons. The molecule has 0 aromatic carbocycles. The molecule has 2 nitrogen and oxygen atoms in total. The second-order valence-corrected chi connectivity index (χ2v) is 8.29. The molecule has 3 rings (SSSR count). The van der Waals surface area contributed by atoms with Crippen LogP contribution in [0.2, 0.25) is 0 Å². The van der Waals surface area contributed by atoms with Gasteiger partial charge in [-0.05, 0) is 62.5 Å². The fourth-order valence-corrected chi connectivity index (χ4v) is 5.44. The van der Waals surface area contributed by atoms with Crippen molar-refractivity contribution in [3.8, 4) is 0 Å². The Morgan fingerprint density at radius 3 is 3.00 bits per heavy atom. The van der Waals surface area contributed by atoms with Crippen LogP contribution in [0.15, 0.2) is 6.07 Å². The minimum Gasteiger partial charge on any atom is -0.338 e. The monoisotopic (exact) mass is 369 g/mol. The van der Waals surface area contributed by atoms with Gasteiger partial charge in [0.25, 0.3) is 5.91 Å². The van der Waals surface area contributed by atoms with Crippen LogP contribution < -0.4 is 0 Å². The highest BCUT2D eigenvalue weighted by Gasteiger charge is 2.26. The van der Waals surface area contributed by atoms with E-state index in [1.807, 2.05) is 0 Å². The third-order valence-electron chi connectivity index (χ3n) is 4.78. The van der Waals surface area contributed by atoms with Gasteiger partial charge in [0.05, 0.1) is 4.88 Å². The molecule has 1 aliphatic heterocycles. The summed E-state index contributed by atoms with van der Waals surface area (Å²) in [6.45, 7) is 1.90. The highest BCUT2D eigenvalue weighted by molar-refractivity contribution is 9.09. The Morgan fingerprint density at radius 1 is 1.29 bits per heavy atom. The van der Waals surface area contributed by atoms with E-state index in [9.17, 15) is 4.79 Å². The Balaban J connectivity index is 1.70. The fraction of sp³-hybridized carbons (Fsp3) is 0.706. The van der Waals surface area contributed by atoms with E-state index in [-0.39, 0.29) is 5.91 Å². The summed E-state index contributed by atoms with van der Waals surface area (Å²) in [4.78, 5) is 17.3. The molecule has 0 saturated carbocycles. The van der Waals surface area contributed by atoms with E-state index in [0.29, 0.717) is 5.92 Å². The topological polar surface area (TPSA) is 20.3 Å². The number of thiophene rings is 1. The number of alkyl halides is 1. The van der Waals surface area contributed by atoms with E-state index < -0.39 is 0 Å². The van der Waals surface area contributed by atoms with Crippen molar-refractivity contribution in [2.45, 2.75) is 51.4 Å². The number of nitrogens with zero attached hydrogens (tertiary/aromatic N) is 1. The van der Waals surface area contributed by atoms with Gasteiger partial charge in [-0.2, -0.15) is 0 Å². The Hall–Kier alpha value is -0.350. The number of likely N-dealkylation sites (tertiary alicyclic amines) is 1. The Bertz CT molecular complexity index is 473. The van der Waals surface area contributed by atoms with Gasteiger partial charge in [-0.25, -0.2) is 0 Å². The van der Waals surface area contributed by atoms with E-state index in [2.05, 4.69) is 26.9 Å². The Morgan fingerprint density at radius 2 is 2.14 bits per heavy atom. The number of rotatable bonds is 3. The average molecular weight is 370 g/mol. The van der Waals surface area contributed by atoms with Gasteiger partial charge < -0.3 is 4.90 Å². The van der Waals surface area contributed by atoms with Crippen molar-refractivity contribution in [2.24, 2.45) is 5.92 Å². The number of carbonyl (C=O) groups is 1. The molecule has 1 aromatic rings. The molecule has 0 radical (unpaired) electrons. The van der Waals surface area contributed by atoms with Crippen LogP contribution in [0.3, 0.4) is 0 Å². The largest absolute Gasteiger partial charge is 0.338 e. The first kappa shape index (κ1) is 15.5. The lowest BCUT2D eigenvalue weighted by atomic mass is 9.95. The van der Waals surface area contributed by atoms with Crippen molar-refractivity contribution >= 4 is 33.2 Å². The summed E-state index contributed by atoms with van der Waals surface area (Å²) in [5.41, 5.74) is 1.45. The van der Waals surface area contributed by atoms with Gasteiger partial charge in [0.2, 0.25) is 0 Å². The molecule has 2 heterocycles. The molecule has 2 aliphatic rings. The molecule has 1 amide bonds. The number of fused-ring (bicyclic) bond motifs is 1. The summed E-state index contributed by atoms with van der Waals surface area (Å²) >= 11 is 5.30. The molecule has 1 saturated heterocycles. The first-order valence-corrected chi connectivity index (χ1v) is 10.2. The van der Waals surface area contributed by atoms with Crippen molar-refractivity contribution in [3.63, 3.8) is 0 Å². The zero-order valence-corrected chi connectivity index (χ0v) is 15.0. The van der Waals surface area contributed by atoms with Crippen LogP contribution in [0.4, 0.5) is 0 Å². The molecular formula is C17H24BrNOS. The van der Waals surface area contributed by atoms with E-state index in [4.69, 9.17) is 0 Å². The summed E-state index contributed by atoms with van der Waals surface area (Å²) in [7, 11) is 0. The number of carbonyl (C=O) groups excluding carboxylic acids is 1. The normalized spacial score (nSPS) is 22.7. The maximum atomic E-state index is 12.8. The van der Waals surface area contributed by atoms with Gasteiger partial charge in [0, 0.05) is 23.3 Å². The van der Waals surface area contributed by atoms with Crippen LogP contribution in [0.25, 0.3) is 0 Å². The summed E-state index contributed by atoms with van der Waals surface area (Å²) in [6, 6.07) is 2.20. The highest BCUT2D eigenvalue weighted by atomic mass is 79.9. The van der Waals surface area contributed by atoms with Crippen LogP contribution >= 0.6 is 27.3 Å². The SMILES string of the molecule is O=C(c1cc2c(s1)CCCCC2)N1CCCC(CCBr)C1. The number of aryl methyl sites for hydroxylation is 2. The minimum atomic E-state index is 0.285. The van der Waals surface area contributed by atoms with Crippen LogP contribution in [0.1, 0.15) is 58.6 Å². The molecule has 0 bridgehead atoms. The Kier molecular flexibility index (Phi) is 5.38. The number of hydrogen-bond acceptors (Lipinski definition) is 2. The van der Waals surface area contributed by atoms with Gasteiger partial charge >= 0.3 is 0 Å². The lowest BCUT2D eigenvalue weighted by Gasteiger charge is -2.32. The maximum absolute atomic E-state index is 12.8. The molecule has 1 atom stereocenters. The fourth-order valence-electron chi connectivity index (χ4n) is 3.57. The number of hydrogen-bond donors (Lipinski definition) is 0. The summed E-state index contributed by atoms with van der Waals surface area (Å²) < 4.78 is 0. The van der Waals surface area contributed by atoms with Gasteiger partial charge in [-0.3, -0.25) is 4.79 Å². The lowest BCUT2D eigenvalue weighted by molar-refractivity contribution is 0.0677. The molecule has 1 aromatic heterocycles. The van der Waals surface area contributed by atoms with Gasteiger partial charge in [0.15, 0.2) is 0 Å². The van der Waals surface area contributed by atoms with Crippen LogP contribution in [-0.2, 0) is 12.8 Å². The smallest absolute Gasteiger partial charge is 0.263 e. The zero-order valence-electron chi connectivity index (χ0n) is 12.6. The van der Waals surface area contributed by atoms with E-state index in [1.165, 1.54) is 55.4 Å². The van der Waals surface area contributed by atoms with Crippen molar-refractivity contribution < 1.29 is 4.79 Å². The van der Waals surface area contributed by atoms with Crippen LogP contribution in [0, 0.1) is 5.92 Å².